The Morgan fingerprint density at radius 3 is 2.39 bits per heavy atom. The van der Waals surface area contributed by atoms with Crippen molar-refractivity contribution in [1.82, 2.24) is 4.90 Å². The number of carbonyl (C=O) groups is 1. The molecule has 2 rings (SSSR count). The van der Waals surface area contributed by atoms with Gasteiger partial charge >= 0.3 is 6.61 Å². The van der Waals surface area contributed by atoms with E-state index in [2.05, 4.69) is 4.74 Å². The van der Waals surface area contributed by atoms with Crippen LogP contribution in [-0.2, 0) is 11.3 Å². The third-order valence-electron chi connectivity index (χ3n) is 3.16. The second kappa shape index (κ2) is 8.08. The van der Waals surface area contributed by atoms with Crippen LogP contribution < -0.4 is 4.74 Å². The van der Waals surface area contributed by atoms with Gasteiger partial charge in [-0.25, -0.2) is 0 Å². The van der Waals surface area contributed by atoms with Crippen molar-refractivity contribution in [3.8, 4) is 5.75 Å². The molecule has 0 aliphatic heterocycles. The Labute approximate surface area is 133 Å². The number of hydrogen-bond acceptors (Lipinski definition) is 2. The predicted octanol–water partition coefficient (Wildman–Crippen LogP) is 3.96. The molecule has 0 aliphatic rings. The molecular formula is C18H17F2NO2. The van der Waals surface area contributed by atoms with Gasteiger partial charge in [0.1, 0.15) is 5.75 Å². The molecule has 1 amide bonds. The van der Waals surface area contributed by atoms with Crippen LogP contribution in [0.3, 0.4) is 0 Å². The van der Waals surface area contributed by atoms with Crippen molar-refractivity contribution >= 4 is 12.0 Å². The zero-order valence-corrected chi connectivity index (χ0v) is 12.7. The van der Waals surface area contributed by atoms with Crippen LogP contribution in [0, 0.1) is 0 Å². The van der Waals surface area contributed by atoms with Gasteiger partial charge in [0.2, 0.25) is 5.91 Å². The summed E-state index contributed by atoms with van der Waals surface area (Å²) in [6, 6.07) is 15.8. The van der Waals surface area contributed by atoms with Crippen molar-refractivity contribution in [2.24, 2.45) is 0 Å². The molecule has 0 unspecified atom stereocenters. The Morgan fingerprint density at radius 1 is 1.13 bits per heavy atom. The molecule has 120 valence electrons. The van der Waals surface area contributed by atoms with E-state index in [1.54, 1.807) is 30.2 Å². The highest BCUT2D eigenvalue weighted by atomic mass is 19.3. The van der Waals surface area contributed by atoms with Crippen LogP contribution in [0.1, 0.15) is 11.1 Å². The van der Waals surface area contributed by atoms with E-state index >= 15 is 0 Å². The highest BCUT2D eigenvalue weighted by Gasteiger charge is 2.07. The standard InChI is InChI=1S/C18H17F2NO2/c1-21(17(22)12-9-14-5-3-2-4-6-14)13-15-7-10-16(11-8-15)23-18(19)20/h2-12,18H,13H2,1H3. The van der Waals surface area contributed by atoms with Crippen molar-refractivity contribution < 1.29 is 18.3 Å². The molecular weight excluding hydrogens is 300 g/mol. The van der Waals surface area contributed by atoms with Crippen molar-refractivity contribution in [3.63, 3.8) is 0 Å². The van der Waals surface area contributed by atoms with E-state index in [0.717, 1.165) is 11.1 Å². The van der Waals surface area contributed by atoms with Crippen molar-refractivity contribution in [2.45, 2.75) is 13.2 Å². The smallest absolute Gasteiger partial charge is 0.387 e. The number of hydrogen-bond donors (Lipinski definition) is 0. The maximum atomic E-state index is 12.1. The summed E-state index contributed by atoms with van der Waals surface area (Å²) in [5, 5.41) is 0. The summed E-state index contributed by atoms with van der Waals surface area (Å²) in [6.07, 6.45) is 3.25. The summed E-state index contributed by atoms with van der Waals surface area (Å²) < 4.78 is 28.4. The number of alkyl halides is 2. The predicted molar refractivity (Wildman–Crippen MR) is 85.0 cm³/mol. The maximum Gasteiger partial charge on any atom is 0.387 e. The molecule has 0 fully saturated rings. The van der Waals surface area contributed by atoms with E-state index in [1.807, 2.05) is 30.3 Å². The first-order valence-corrected chi connectivity index (χ1v) is 7.06. The Morgan fingerprint density at radius 2 is 1.78 bits per heavy atom. The normalized spacial score (nSPS) is 11.0. The second-order valence-electron chi connectivity index (χ2n) is 4.96. The largest absolute Gasteiger partial charge is 0.435 e. The summed E-state index contributed by atoms with van der Waals surface area (Å²) in [4.78, 5) is 13.6. The first-order chi connectivity index (χ1) is 11.0. The molecule has 0 aromatic heterocycles. The number of ether oxygens (including phenoxy) is 1. The van der Waals surface area contributed by atoms with Crippen LogP contribution >= 0.6 is 0 Å². The Balaban J connectivity index is 1.91. The summed E-state index contributed by atoms with van der Waals surface area (Å²) in [7, 11) is 1.68. The Hall–Kier alpha value is -2.69. The number of rotatable bonds is 6. The minimum absolute atomic E-state index is 0.0988. The average molecular weight is 317 g/mol. The summed E-state index contributed by atoms with van der Waals surface area (Å²) in [5.41, 5.74) is 1.78. The molecule has 0 bridgehead atoms. The van der Waals surface area contributed by atoms with Crippen LogP contribution in [0.4, 0.5) is 8.78 Å². The summed E-state index contributed by atoms with van der Waals surface area (Å²) in [6.45, 7) is -2.46. The molecule has 3 nitrogen and oxygen atoms in total. The first kappa shape index (κ1) is 16.7. The molecule has 0 radical (unpaired) electrons. The van der Waals surface area contributed by atoms with Gasteiger partial charge in [0.15, 0.2) is 0 Å². The van der Waals surface area contributed by atoms with Gasteiger partial charge in [-0.2, -0.15) is 8.78 Å². The number of halogens is 2. The molecule has 0 aliphatic carbocycles. The topological polar surface area (TPSA) is 29.5 Å². The van der Waals surface area contributed by atoms with Gasteiger partial charge in [-0.15, -0.1) is 0 Å². The van der Waals surface area contributed by atoms with E-state index in [9.17, 15) is 13.6 Å². The number of nitrogens with zero attached hydrogens (tertiary/aromatic N) is 1. The molecule has 2 aromatic carbocycles. The monoisotopic (exact) mass is 317 g/mol. The lowest BCUT2D eigenvalue weighted by atomic mass is 10.2. The molecule has 0 saturated carbocycles. The van der Waals surface area contributed by atoms with Crippen molar-refractivity contribution in [3.05, 3.63) is 71.8 Å². The van der Waals surface area contributed by atoms with Crippen LogP contribution in [0.5, 0.6) is 5.75 Å². The van der Waals surface area contributed by atoms with E-state index < -0.39 is 6.61 Å². The fourth-order valence-electron chi connectivity index (χ4n) is 1.99. The van der Waals surface area contributed by atoms with Crippen LogP contribution in [0.2, 0.25) is 0 Å². The third-order valence-corrected chi connectivity index (χ3v) is 3.16. The molecule has 23 heavy (non-hydrogen) atoms. The lowest BCUT2D eigenvalue weighted by Crippen LogP contribution is -2.24. The molecule has 0 heterocycles. The third kappa shape index (κ3) is 5.54. The molecule has 2 aromatic rings. The highest BCUT2D eigenvalue weighted by Crippen LogP contribution is 2.16. The van der Waals surface area contributed by atoms with Gasteiger partial charge in [-0.3, -0.25) is 4.79 Å². The lowest BCUT2D eigenvalue weighted by Gasteiger charge is -2.15. The van der Waals surface area contributed by atoms with E-state index in [4.69, 9.17) is 0 Å². The minimum Gasteiger partial charge on any atom is -0.435 e. The molecule has 0 N–H and O–H groups in total. The van der Waals surface area contributed by atoms with Gasteiger partial charge in [0, 0.05) is 19.7 Å². The molecule has 0 atom stereocenters. The van der Waals surface area contributed by atoms with Gasteiger partial charge in [0.05, 0.1) is 0 Å². The molecule has 0 saturated heterocycles. The Bertz CT molecular complexity index is 654. The Kier molecular flexibility index (Phi) is 5.86. The van der Waals surface area contributed by atoms with Crippen LogP contribution in [0.15, 0.2) is 60.7 Å². The minimum atomic E-state index is -2.84. The fraction of sp³-hybridized carbons (Fsp3) is 0.167. The SMILES string of the molecule is CN(Cc1ccc(OC(F)F)cc1)C(=O)C=Cc1ccccc1. The number of likely N-dealkylation sites (N-methyl/N-ethyl adjacent to an activating group) is 1. The van der Waals surface area contributed by atoms with Gasteiger partial charge in [0.25, 0.3) is 0 Å². The van der Waals surface area contributed by atoms with E-state index in [1.165, 1.54) is 18.2 Å². The van der Waals surface area contributed by atoms with E-state index in [-0.39, 0.29) is 11.7 Å². The van der Waals surface area contributed by atoms with Crippen LogP contribution in [-0.4, -0.2) is 24.5 Å². The average Bonchev–Trinajstić information content (AvgIpc) is 2.55. The highest BCUT2D eigenvalue weighted by molar-refractivity contribution is 5.91. The zero-order chi connectivity index (χ0) is 16.7. The van der Waals surface area contributed by atoms with Gasteiger partial charge in [-0.1, -0.05) is 42.5 Å². The number of amides is 1. The zero-order valence-electron chi connectivity index (χ0n) is 12.7. The van der Waals surface area contributed by atoms with Gasteiger partial charge < -0.3 is 9.64 Å². The number of carbonyl (C=O) groups excluding carboxylic acids is 1. The van der Waals surface area contributed by atoms with Crippen molar-refractivity contribution in [2.75, 3.05) is 7.05 Å². The molecule has 5 heteroatoms. The second-order valence-corrected chi connectivity index (χ2v) is 4.96. The lowest BCUT2D eigenvalue weighted by molar-refractivity contribution is -0.125. The van der Waals surface area contributed by atoms with Crippen molar-refractivity contribution in [1.29, 1.82) is 0 Å². The van der Waals surface area contributed by atoms with Crippen LogP contribution in [0.25, 0.3) is 6.08 Å². The van der Waals surface area contributed by atoms with Gasteiger partial charge in [-0.05, 0) is 29.3 Å². The first-order valence-electron chi connectivity index (χ1n) is 7.06. The summed E-state index contributed by atoms with van der Waals surface area (Å²) >= 11 is 0. The van der Waals surface area contributed by atoms with E-state index in [0.29, 0.717) is 6.54 Å². The quantitative estimate of drug-likeness (QED) is 0.755. The maximum absolute atomic E-state index is 12.1. The summed E-state index contributed by atoms with van der Waals surface area (Å²) in [5.74, 6) is -0.0385. The molecule has 0 spiro atoms. The fourth-order valence-corrected chi connectivity index (χ4v) is 1.99. The number of benzene rings is 2.